The van der Waals surface area contributed by atoms with E-state index in [1.807, 2.05) is 4.90 Å². The minimum absolute atomic E-state index is 0.0647. The molecule has 0 bridgehead atoms. The van der Waals surface area contributed by atoms with Crippen molar-refractivity contribution in [2.45, 2.75) is 44.9 Å². The first kappa shape index (κ1) is 14.7. The molecule has 2 fully saturated rings. The zero-order chi connectivity index (χ0) is 14.9. The molecule has 3 rings (SSSR count). The van der Waals surface area contributed by atoms with Gasteiger partial charge >= 0.3 is 0 Å². The van der Waals surface area contributed by atoms with E-state index < -0.39 is 0 Å². The molecule has 1 heterocycles. The summed E-state index contributed by atoms with van der Waals surface area (Å²) >= 11 is 6.00. The number of benzene rings is 1. The Morgan fingerprint density at radius 2 is 1.71 bits per heavy atom. The maximum Gasteiger partial charge on any atom is 0.253 e. The standard InChI is InChI=1S/C17H23ClN2O/c18-14-10-13(11-15(19)12-14)16(21)20-8-6-17(7-9-20)4-2-1-3-5-17/h10-12H,1-9,19H2. The van der Waals surface area contributed by atoms with Crippen LogP contribution < -0.4 is 5.73 Å². The molecule has 1 saturated carbocycles. The van der Waals surface area contributed by atoms with Gasteiger partial charge in [-0.25, -0.2) is 0 Å². The Morgan fingerprint density at radius 3 is 2.33 bits per heavy atom. The fourth-order valence-electron chi connectivity index (χ4n) is 3.90. The zero-order valence-electron chi connectivity index (χ0n) is 12.4. The van der Waals surface area contributed by atoms with Gasteiger partial charge in [0.05, 0.1) is 0 Å². The van der Waals surface area contributed by atoms with Crippen LogP contribution in [0.1, 0.15) is 55.3 Å². The number of hydrogen-bond acceptors (Lipinski definition) is 2. The summed E-state index contributed by atoms with van der Waals surface area (Å²) in [6.45, 7) is 1.73. The SMILES string of the molecule is Nc1cc(Cl)cc(C(=O)N2CCC3(CCCCC3)CC2)c1. The predicted molar refractivity (Wildman–Crippen MR) is 86.5 cm³/mol. The molecule has 1 aromatic rings. The Balaban J connectivity index is 1.67. The van der Waals surface area contributed by atoms with E-state index in [0.29, 0.717) is 21.7 Å². The number of nitrogen functional groups attached to an aromatic ring is 1. The van der Waals surface area contributed by atoms with E-state index >= 15 is 0 Å². The summed E-state index contributed by atoms with van der Waals surface area (Å²) in [4.78, 5) is 14.6. The third kappa shape index (κ3) is 3.18. The van der Waals surface area contributed by atoms with E-state index in [1.54, 1.807) is 18.2 Å². The molecule has 2 aliphatic rings. The highest BCUT2D eigenvalue weighted by Crippen LogP contribution is 2.44. The summed E-state index contributed by atoms with van der Waals surface area (Å²) in [5.74, 6) is 0.0647. The molecular formula is C17H23ClN2O. The molecule has 1 spiro atoms. The fourth-order valence-corrected chi connectivity index (χ4v) is 4.15. The van der Waals surface area contributed by atoms with E-state index in [2.05, 4.69) is 0 Å². The molecule has 0 radical (unpaired) electrons. The van der Waals surface area contributed by atoms with Gasteiger partial charge in [-0.05, 0) is 49.3 Å². The lowest BCUT2D eigenvalue weighted by molar-refractivity contribution is 0.0472. The van der Waals surface area contributed by atoms with Crippen molar-refractivity contribution < 1.29 is 4.79 Å². The van der Waals surface area contributed by atoms with Crippen molar-refractivity contribution in [3.8, 4) is 0 Å². The van der Waals surface area contributed by atoms with Gasteiger partial charge < -0.3 is 10.6 Å². The summed E-state index contributed by atoms with van der Waals surface area (Å²) < 4.78 is 0. The van der Waals surface area contributed by atoms with Crippen LogP contribution in [0, 0.1) is 5.41 Å². The molecule has 1 aliphatic heterocycles. The van der Waals surface area contributed by atoms with Crippen LogP contribution in [0.15, 0.2) is 18.2 Å². The van der Waals surface area contributed by atoms with Crippen LogP contribution in [0.25, 0.3) is 0 Å². The van der Waals surface area contributed by atoms with Gasteiger partial charge in [0.25, 0.3) is 5.91 Å². The van der Waals surface area contributed by atoms with Crippen molar-refractivity contribution in [2.75, 3.05) is 18.8 Å². The van der Waals surface area contributed by atoms with Gasteiger partial charge in [-0.15, -0.1) is 0 Å². The minimum atomic E-state index is 0.0647. The van der Waals surface area contributed by atoms with Crippen molar-refractivity contribution in [2.24, 2.45) is 5.41 Å². The van der Waals surface area contributed by atoms with Crippen LogP contribution in [-0.4, -0.2) is 23.9 Å². The fraction of sp³-hybridized carbons (Fsp3) is 0.588. The number of carbonyl (C=O) groups is 1. The highest BCUT2D eigenvalue weighted by molar-refractivity contribution is 6.31. The molecule has 0 aromatic heterocycles. The van der Waals surface area contributed by atoms with E-state index in [-0.39, 0.29) is 5.91 Å². The summed E-state index contributed by atoms with van der Waals surface area (Å²) in [6, 6.07) is 5.11. The molecule has 0 unspecified atom stereocenters. The molecule has 1 aliphatic carbocycles. The van der Waals surface area contributed by atoms with Gasteiger partial charge in [0.15, 0.2) is 0 Å². The zero-order valence-corrected chi connectivity index (χ0v) is 13.2. The monoisotopic (exact) mass is 306 g/mol. The lowest BCUT2D eigenvalue weighted by Crippen LogP contribution is -2.43. The Morgan fingerprint density at radius 1 is 1.05 bits per heavy atom. The second-order valence-corrected chi connectivity index (χ2v) is 7.06. The van der Waals surface area contributed by atoms with Gasteiger partial charge in [0.2, 0.25) is 0 Å². The number of piperidine rings is 1. The number of rotatable bonds is 1. The lowest BCUT2D eigenvalue weighted by atomic mass is 9.68. The topological polar surface area (TPSA) is 46.3 Å². The average Bonchev–Trinajstić information content (AvgIpc) is 2.47. The van der Waals surface area contributed by atoms with Crippen LogP contribution in [-0.2, 0) is 0 Å². The number of amides is 1. The highest BCUT2D eigenvalue weighted by atomic mass is 35.5. The molecule has 2 N–H and O–H groups in total. The molecule has 0 atom stereocenters. The minimum Gasteiger partial charge on any atom is -0.399 e. The number of hydrogen-bond donors (Lipinski definition) is 1. The molecule has 1 saturated heterocycles. The van der Waals surface area contributed by atoms with Crippen LogP contribution in [0.3, 0.4) is 0 Å². The molecule has 4 heteroatoms. The van der Waals surface area contributed by atoms with Crippen molar-refractivity contribution >= 4 is 23.2 Å². The third-order valence-corrected chi connectivity index (χ3v) is 5.41. The van der Waals surface area contributed by atoms with Gasteiger partial charge in [0, 0.05) is 29.4 Å². The third-order valence-electron chi connectivity index (χ3n) is 5.19. The molecule has 21 heavy (non-hydrogen) atoms. The number of carbonyl (C=O) groups excluding carboxylic acids is 1. The maximum absolute atomic E-state index is 12.6. The average molecular weight is 307 g/mol. The normalized spacial score (nSPS) is 21.5. The second-order valence-electron chi connectivity index (χ2n) is 6.63. The predicted octanol–water partition coefficient (Wildman–Crippen LogP) is 4.11. The molecule has 1 aromatic carbocycles. The van der Waals surface area contributed by atoms with Crippen LogP contribution >= 0.6 is 11.6 Å². The van der Waals surface area contributed by atoms with Gasteiger partial charge in [0.1, 0.15) is 0 Å². The first-order valence-electron chi connectivity index (χ1n) is 7.93. The quantitative estimate of drug-likeness (QED) is 0.794. The summed E-state index contributed by atoms with van der Waals surface area (Å²) in [5, 5.41) is 0.527. The molecular weight excluding hydrogens is 284 g/mol. The van der Waals surface area contributed by atoms with Crippen molar-refractivity contribution in [1.82, 2.24) is 4.90 Å². The smallest absolute Gasteiger partial charge is 0.253 e. The van der Waals surface area contributed by atoms with Crippen LogP contribution in [0.2, 0.25) is 5.02 Å². The van der Waals surface area contributed by atoms with E-state index in [0.717, 1.165) is 25.9 Å². The number of nitrogens with zero attached hydrogens (tertiary/aromatic N) is 1. The second kappa shape index (κ2) is 5.88. The summed E-state index contributed by atoms with van der Waals surface area (Å²) in [5.41, 5.74) is 7.46. The van der Waals surface area contributed by atoms with Crippen LogP contribution in [0.4, 0.5) is 5.69 Å². The van der Waals surface area contributed by atoms with Gasteiger partial charge in [-0.2, -0.15) is 0 Å². The Bertz CT molecular complexity index is 507. The van der Waals surface area contributed by atoms with E-state index in [1.165, 1.54) is 32.1 Å². The van der Waals surface area contributed by atoms with Crippen LogP contribution in [0.5, 0.6) is 0 Å². The molecule has 114 valence electrons. The molecule has 3 nitrogen and oxygen atoms in total. The number of nitrogens with two attached hydrogens (primary N) is 1. The number of likely N-dealkylation sites (tertiary alicyclic amines) is 1. The lowest BCUT2D eigenvalue weighted by Gasteiger charge is -2.44. The van der Waals surface area contributed by atoms with Gasteiger partial charge in [-0.3, -0.25) is 4.79 Å². The van der Waals surface area contributed by atoms with Crippen molar-refractivity contribution in [3.63, 3.8) is 0 Å². The maximum atomic E-state index is 12.6. The highest BCUT2D eigenvalue weighted by Gasteiger charge is 2.36. The summed E-state index contributed by atoms with van der Waals surface area (Å²) in [7, 11) is 0. The van der Waals surface area contributed by atoms with Gasteiger partial charge in [-0.1, -0.05) is 30.9 Å². The Kier molecular flexibility index (Phi) is 4.12. The number of halogens is 1. The summed E-state index contributed by atoms with van der Waals surface area (Å²) in [6.07, 6.45) is 9.09. The van der Waals surface area contributed by atoms with E-state index in [4.69, 9.17) is 17.3 Å². The van der Waals surface area contributed by atoms with Crippen molar-refractivity contribution in [3.05, 3.63) is 28.8 Å². The van der Waals surface area contributed by atoms with Crippen molar-refractivity contribution in [1.29, 1.82) is 0 Å². The van der Waals surface area contributed by atoms with E-state index in [9.17, 15) is 4.79 Å². The molecule has 1 amide bonds. The largest absolute Gasteiger partial charge is 0.399 e. The number of anilines is 1. The first-order valence-corrected chi connectivity index (χ1v) is 8.31. The Labute approximate surface area is 131 Å². The Hall–Kier alpha value is -1.22. The first-order chi connectivity index (χ1) is 10.1.